The summed E-state index contributed by atoms with van der Waals surface area (Å²) < 4.78 is 30.7. The SMILES string of the molecule is CC1CN(S(=O)(=O)C(C)C)CCN1c1nc(Cc2ccccc2[N+](=O)[O-])ns1. The first-order valence-corrected chi connectivity index (χ1v) is 11.3. The Morgan fingerprint density at radius 1 is 1.32 bits per heavy atom. The molecule has 2 heterocycles. The number of rotatable bonds is 6. The Kier molecular flexibility index (Phi) is 5.96. The zero-order valence-corrected chi connectivity index (χ0v) is 17.6. The molecule has 1 saturated heterocycles. The molecule has 0 N–H and O–H groups in total. The average Bonchev–Trinajstić information content (AvgIpc) is 3.09. The predicted molar refractivity (Wildman–Crippen MR) is 108 cm³/mol. The fraction of sp³-hybridized carbons (Fsp3) is 0.529. The molecular formula is C17H23N5O4S2. The molecule has 0 radical (unpaired) electrons. The van der Waals surface area contributed by atoms with Crippen molar-refractivity contribution in [1.29, 1.82) is 0 Å². The van der Waals surface area contributed by atoms with Crippen LogP contribution in [-0.4, -0.2) is 57.9 Å². The molecule has 0 amide bonds. The second-order valence-electron chi connectivity index (χ2n) is 7.05. The molecule has 9 nitrogen and oxygen atoms in total. The summed E-state index contributed by atoms with van der Waals surface area (Å²) in [4.78, 5) is 17.4. The molecule has 152 valence electrons. The summed E-state index contributed by atoms with van der Waals surface area (Å²) in [7, 11) is -3.28. The van der Waals surface area contributed by atoms with Crippen molar-refractivity contribution in [3.63, 3.8) is 0 Å². The highest BCUT2D eigenvalue weighted by Gasteiger charge is 2.34. The summed E-state index contributed by atoms with van der Waals surface area (Å²) in [6.07, 6.45) is 0.281. The predicted octanol–water partition coefficient (Wildman–Crippen LogP) is 2.29. The highest BCUT2D eigenvalue weighted by atomic mass is 32.2. The molecule has 1 fully saturated rings. The molecule has 11 heteroatoms. The van der Waals surface area contributed by atoms with Crippen molar-refractivity contribution in [2.24, 2.45) is 0 Å². The minimum atomic E-state index is -3.28. The monoisotopic (exact) mass is 425 g/mol. The Morgan fingerprint density at radius 3 is 2.68 bits per heavy atom. The largest absolute Gasteiger partial charge is 0.342 e. The quantitative estimate of drug-likeness (QED) is 0.516. The van der Waals surface area contributed by atoms with Crippen molar-refractivity contribution in [2.75, 3.05) is 24.5 Å². The van der Waals surface area contributed by atoms with E-state index < -0.39 is 20.2 Å². The van der Waals surface area contributed by atoms with Gasteiger partial charge in [0.2, 0.25) is 15.2 Å². The van der Waals surface area contributed by atoms with Gasteiger partial charge in [-0.2, -0.15) is 8.68 Å². The van der Waals surface area contributed by atoms with E-state index in [1.165, 1.54) is 21.9 Å². The average molecular weight is 426 g/mol. The van der Waals surface area contributed by atoms with Gasteiger partial charge in [-0.15, -0.1) is 0 Å². The third-order valence-corrected chi connectivity index (χ3v) is 7.82. The number of para-hydroxylation sites is 1. The number of hydrogen-bond donors (Lipinski definition) is 0. The van der Waals surface area contributed by atoms with Crippen molar-refractivity contribution in [3.8, 4) is 0 Å². The molecule has 0 bridgehead atoms. The van der Waals surface area contributed by atoms with E-state index in [0.29, 0.717) is 36.2 Å². The maximum Gasteiger partial charge on any atom is 0.273 e. The van der Waals surface area contributed by atoms with Gasteiger partial charge in [0.05, 0.1) is 10.2 Å². The molecule has 1 aliphatic heterocycles. The maximum atomic E-state index is 12.4. The summed E-state index contributed by atoms with van der Waals surface area (Å²) in [6, 6.07) is 6.53. The van der Waals surface area contributed by atoms with E-state index in [1.54, 1.807) is 32.0 Å². The third kappa shape index (κ3) is 4.15. The molecule has 28 heavy (non-hydrogen) atoms. The van der Waals surface area contributed by atoms with E-state index in [9.17, 15) is 18.5 Å². The summed E-state index contributed by atoms with van der Waals surface area (Å²) in [5.41, 5.74) is 0.623. The molecule has 1 aromatic carbocycles. The van der Waals surface area contributed by atoms with Gasteiger partial charge in [0.1, 0.15) is 5.82 Å². The van der Waals surface area contributed by atoms with Crippen LogP contribution < -0.4 is 4.90 Å². The molecule has 3 rings (SSSR count). The number of aromatic nitrogens is 2. The zero-order chi connectivity index (χ0) is 20.5. The van der Waals surface area contributed by atoms with Crippen molar-refractivity contribution in [3.05, 3.63) is 45.8 Å². The summed E-state index contributed by atoms with van der Waals surface area (Å²) in [5.74, 6) is 0.527. The first-order valence-electron chi connectivity index (χ1n) is 9.00. The van der Waals surface area contributed by atoms with Crippen LogP contribution in [-0.2, 0) is 16.4 Å². The topological polar surface area (TPSA) is 110 Å². The number of nitro groups is 1. The minimum absolute atomic E-state index is 0.0332. The van der Waals surface area contributed by atoms with Crippen molar-refractivity contribution in [2.45, 2.75) is 38.5 Å². The molecule has 2 aromatic rings. The van der Waals surface area contributed by atoms with Gasteiger partial charge in [-0.25, -0.2) is 13.4 Å². The van der Waals surface area contributed by atoms with Crippen molar-refractivity contribution < 1.29 is 13.3 Å². The Balaban J connectivity index is 1.72. The van der Waals surface area contributed by atoms with E-state index in [0.717, 1.165) is 0 Å². The van der Waals surface area contributed by atoms with Gasteiger partial charge in [-0.1, -0.05) is 18.2 Å². The van der Waals surface area contributed by atoms with E-state index in [-0.39, 0.29) is 18.2 Å². The zero-order valence-electron chi connectivity index (χ0n) is 16.0. The van der Waals surface area contributed by atoms with Crippen LogP contribution in [0.2, 0.25) is 0 Å². The number of hydrogen-bond acceptors (Lipinski definition) is 8. The first-order chi connectivity index (χ1) is 13.2. The highest BCUT2D eigenvalue weighted by molar-refractivity contribution is 7.89. The highest BCUT2D eigenvalue weighted by Crippen LogP contribution is 2.26. The first kappa shape index (κ1) is 20.6. The molecule has 1 atom stereocenters. The van der Waals surface area contributed by atoms with Gasteiger partial charge >= 0.3 is 0 Å². The lowest BCUT2D eigenvalue weighted by Gasteiger charge is -2.39. The number of anilines is 1. The van der Waals surface area contributed by atoms with Crippen molar-refractivity contribution >= 4 is 32.4 Å². The fourth-order valence-corrected chi connectivity index (χ4v) is 5.35. The summed E-state index contributed by atoms with van der Waals surface area (Å²) >= 11 is 1.24. The van der Waals surface area contributed by atoms with Crippen LogP contribution >= 0.6 is 11.5 Å². The lowest BCUT2D eigenvalue weighted by molar-refractivity contribution is -0.385. The van der Waals surface area contributed by atoms with E-state index in [1.807, 2.05) is 11.8 Å². The number of piperazine rings is 1. The van der Waals surface area contributed by atoms with Crippen molar-refractivity contribution in [1.82, 2.24) is 13.7 Å². The minimum Gasteiger partial charge on any atom is -0.342 e. The Morgan fingerprint density at radius 2 is 2.04 bits per heavy atom. The summed E-state index contributed by atoms with van der Waals surface area (Å²) in [6.45, 7) is 6.68. The number of benzene rings is 1. The van der Waals surface area contributed by atoms with Crippen LogP contribution in [0.5, 0.6) is 0 Å². The van der Waals surface area contributed by atoms with Crippen LogP contribution in [0, 0.1) is 10.1 Å². The Labute approximate surface area is 168 Å². The van der Waals surface area contributed by atoms with Crippen LogP contribution in [0.15, 0.2) is 24.3 Å². The molecule has 1 aliphatic rings. The summed E-state index contributed by atoms with van der Waals surface area (Å²) in [5, 5.41) is 11.4. The molecule has 0 aliphatic carbocycles. The van der Waals surface area contributed by atoms with Gasteiger partial charge in [0.25, 0.3) is 5.69 Å². The fourth-order valence-electron chi connectivity index (χ4n) is 3.18. The second-order valence-corrected chi connectivity index (χ2v) is 10.3. The van der Waals surface area contributed by atoms with Crippen LogP contribution in [0.25, 0.3) is 0 Å². The van der Waals surface area contributed by atoms with Crippen LogP contribution in [0.4, 0.5) is 10.8 Å². The lowest BCUT2D eigenvalue weighted by atomic mass is 10.1. The van der Waals surface area contributed by atoms with E-state index in [4.69, 9.17) is 0 Å². The number of nitrogens with zero attached hydrogens (tertiary/aromatic N) is 5. The molecule has 0 saturated carbocycles. The van der Waals surface area contributed by atoms with E-state index >= 15 is 0 Å². The van der Waals surface area contributed by atoms with E-state index in [2.05, 4.69) is 9.36 Å². The Hall–Kier alpha value is -2.11. The van der Waals surface area contributed by atoms with Crippen LogP contribution in [0.3, 0.4) is 0 Å². The van der Waals surface area contributed by atoms with Gasteiger partial charge < -0.3 is 4.90 Å². The normalized spacial score (nSPS) is 18.6. The number of nitro benzene ring substituents is 1. The lowest BCUT2D eigenvalue weighted by Crippen LogP contribution is -2.54. The smallest absolute Gasteiger partial charge is 0.273 e. The molecule has 1 unspecified atom stereocenters. The number of sulfonamides is 1. The van der Waals surface area contributed by atoms with Crippen LogP contribution in [0.1, 0.15) is 32.2 Å². The molecular weight excluding hydrogens is 402 g/mol. The Bertz CT molecular complexity index is 960. The third-order valence-electron chi connectivity index (χ3n) is 4.79. The van der Waals surface area contributed by atoms with Gasteiger partial charge in [0, 0.05) is 55.3 Å². The van der Waals surface area contributed by atoms with Gasteiger partial charge in [-0.05, 0) is 20.8 Å². The second kappa shape index (κ2) is 8.10. The van der Waals surface area contributed by atoms with Gasteiger partial charge in [-0.3, -0.25) is 10.1 Å². The van der Waals surface area contributed by atoms with Gasteiger partial charge in [0.15, 0.2) is 0 Å². The standard InChI is InChI=1S/C17H23N5O4S2/c1-12(2)28(25,26)20-8-9-21(13(3)11-20)17-18-16(19-27-17)10-14-6-4-5-7-15(14)22(23)24/h4-7,12-13H,8-11H2,1-3H3. The molecule has 1 aromatic heterocycles. The maximum absolute atomic E-state index is 12.4. The molecule has 0 spiro atoms.